The molecule has 7 heteroatoms. The van der Waals surface area contributed by atoms with Crippen molar-refractivity contribution in [3.8, 4) is 0 Å². The first-order valence-electron chi connectivity index (χ1n) is 10.6. The van der Waals surface area contributed by atoms with Crippen LogP contribution in [-0.4, -0.2) is 37.2 Å². The van der Waals surface area contributed by atoms with Gasteiger partial charge in [-0.25, -0.2) is 14.5 Å². The van der Waals surface area contributed by atoms with Crippen LogP contribution in [0.15, 0.2) is 66.9 Å². The van der Waals surface area contributed by atoms with Gasteiger partial charge in [-0.1, -0.05) is 54.1 Å². The first-order chi connectivity index (χ1) is 15.7. The summed E-state index contributed by atoms with van der Waals surface area (Å²) in [7, 11) is 0. The minimum Gasteiger partial charge on any atom is -0.479 e. The van der Waals surface area contributed by atoms with Crippen LogP contribution in [0.3, 0.4) is 0 Å². The Morgan fingerprint density at radius 1 is 1.00 bits per heavy atom. The van der Waals surface area contributed by atoms with Gasteiger partial charge in [-0.05, 0) is 44.0 Å². The molecule has 4 aromatic rings. The van der Waals surface area contributed by atoms with Gasteiger partial charge in [0, 0.05) is 11.8 Å². The van der Waals surface area contributed by atoms with Crippen LogP contribution in [0.2, 0.25) is 0 Å². The van der Waals surface area contributed by atoms with Crippen LogP contribution < -0.4 is 0 Å². The highest BCUT2D eigenvalue weighted by Crippen LogP contribution is 2.21. The van der Waals surface area contributed by atoms with E-state index in [9.17, 15) is 14.7 Å². The molecule has 0 atom stereocenters. The molecule has 1 N–H and O–H groups in total. The number of aryl methyl sites for hydroxylation is 1. The fourth-order valence-corrected chi connectivity index (χ4v) is 3.37. The number of fused-ring (bicyclic) bond motifs is 1. The van der Waals surface area contributed by atoms with E-state index in [4.69, 9.17) is 4.74 Å². The van der Waals surface area contributed by atoms with Crippen molar-refractivity contribution in [3.63, 3.8) is 0 Å². The largest absolute Gasteiger partial charge is 0.479 e. The Morgan fingerprint density at radius 3 is 2.33 bits per heavy atom. The molecule has 0 saturated heterocycles. The Kier molecular flexibility index (Phi) is 6.07. The molecular weight excluding hydrogens is 418 g/mol. The summed E-state index contributed by atoms with van der Waals surface area (Å²) in [6, 6.07) is 18.8. The lowest BCUT2D eigenvalue weighted by Crippen LogP contribution is -2.34. The van der Waals surface area contributed by atoms with Crippen LogP contribution in [0.25, 0.3) is 11.0 Å². The molecule has 0 unspecified atom stereocenters. The average molecular weight is 444 g/mol. The minimum absolute atomic E-state index is 0.139. The number of rotatable bonds is 8. The standard InChI is InChI=1S/C26H25N3O4/c1-17-6-12-20(13-7-17)23(30)22-21-5-4-14-27-24(21)29(28-22)15-18-8-10-19(11-9-18)16-33-26(2,3)25(31)32/h4-14H,15-16H2,1-3H3,(H,31,32). The van der Waals surface area contributed by atoms with Crippen molar-refractivity contribution in [1.29, 1.82) is 0 Å². The zero-order valence-corrected chi connectivity index (χ0v) is 18.8. The number of pyridine rings is 1. The predicted molar refractivity (Wildman–Crippen MR) is 124 cm³/mol. The molecule has 168 valence electrons. The molecule has 4 rings (SSSR count). The lowest BCUT2D eigenvalue weighted by Gasteiger charge is -2.20. The number of carboxylic acid groups (broad SMARTS) is 1. The quantitative estimate of drug-likeness (QED) is 0.406. The topological polar surface area (TPSA) is 94.3 Å². The molecule has 0 bridgehead atoms. The average Bonchev–Trinajstić information content (AvgIpc) is 3.17. The van der Waals surface area contributed by atoms with Crippen LogP contribution >= 0.6 is 0 Å². The van der Waals surface area contributed by atoms with Crippen molar-refractivity contribution in [3.05, 3.63) is 94.8 Å². The number of hydrogen-bond acceptors (Lipinski definition) is 5. The molecule has 33 heavy (non-hydrogen) atoms. The zero-order chi connectivity index (χ0) is 23.6. The maximum absolute atomic E-state index is 13.1. The number of carboxylic acids is 1. The Balaban J connectivity index is 1.56. The van der Waals surface area contributed by atoms with Gasteiger partial charge in [0.05, 0.1) is 18.5 Å². The van der Waals surface area contributed by atoms with Crippen LogP contribution in [0.5, 0.6) is 0 Å². The lowest BCUT2D eigenvalue weighted by atomic mass is 10.0. The highest BCUT2D eigenvalue weighted by Gasteiger charge is 2.27. The van der Waals surface area contributed by atoms with Crippen LogP contribution in [-0.2, 0) is 22.7 Å². The Bertz CT molecular complexity index is 1310. The molecule has 2 heterocycles. The fraction of sp³-hybridized carbons (Fsp3) is 0.231. The molecule has 0 aliphatic rings. The number of ketones is 1. The second-order valence-electron chi connectivity index (χ2n) is 8.50. The van der Waals surface area contributed by atoms with Gasteiger partial charge >= 0.3 is 5.97 Å². The monoisotopic (exact) mass is 443 g/mol. The molecule has 7 nitrogen and oxygen atoms in total. The molecule has 0 saturated carbocycles. The molecule has 0 aliphatic heterocycles. The Morgan fingerprint density at radius 2 is 1.67 bits per heavy atom. The SMILES string of the molecule is Cc1ccc(C(=O)c2nn(Cc3ccc(COC(C)(C)C(=O)O)cc3)c3ncccc23)cc1. The van der Waals surface area contributed by atoms with Crippen molar-refractivity contribution >= 4 is 22.8 Å². The predicted octanol–water partition coefficient (Wildman–Crippen LogP) is 4.40. The first kappa shape index (κ1) is 22.4. The molecule has 0 amide bonds. The maximum Gasteiger partial charge on any atom is 0.335 e. The highest BCUT2D eigenvalue weighted by molar-refractivity contribution is 6.14. The molecule has 0 fully saturated rings. The van der Waals surface area contributed by atoms with Gasteiger partial charge in [0.1, 0.15) is 5.69 Å². The van der Waals surface area contributed by atoms with E-state index in [2.05, 4.69) is 10.1 Å². The van der Waals surface area contributed by atoms with Crippen molar-refractivity contribution in [1.82, 2.24) is 14.8 Å². The Labute approximate surface area is 191 Å². The van der Waals surface area contributed by atoms with E-state index in [1.807, 2.05) is 61.5 Å². The molecule has 0 spiro atoms. The van der Waals surface area contributed by atoms with Gasteiger partial charge in [0.25, 0.3) is 0 Å². The summed E-state index contributed by atoms with van der Waals surface area (Å²) in [4.78, 5) is 28.8. The second-order valence-corrected chi connectivity index (χ2v) is 8.50. The van der Waals surface area contributed by atoms with E-state index < -0.39 is 11.6 Å². The number of aromatic nitrogens is 3. The van der Waals surface area contributed by atoms with Gasteiger partial charge in [0.15, 0.2) is 11.2 Å². The fourth-order valence-electron chi connectivity index (χ4n) is 3.37. The van der Waals surface area contributed by atoms with E-state index in [0.29, 0.717) is 28.8 Å². The molecule has 2 aromatic heterocycles. The molecular formula is C26H25N3O4. The van der Waals surface area contributed by atoms with E-state index in [1.54, 1.807) is 16.9 Å². The third-order valence-corrected chi connectivity index (χ3v) is 5.51. The van der Waals surface area contributed by atoms with Gasteiger partial charge in [-0.3, -0.25) is 4.79 Å². The summed E-state index contributed by atoms with van der Waals surface area (Å²) in [6.07, 6.45) is 1.69. The number of hydrogen-bond donors (Lipinski definition) is 1. The van der Waals surface area contributed by atoms with Crippen molar-refractivity contribution in [2.24, 2.45) is 0 Å². The number of carbonyl (C=O) groups is 2. The summed E-state index contributed by atoms with van der Waals surface area (Å²) in [6.45, 7) is 5.66. The number of ether oxygens (including phenoxy) is 1. The third-order valence-electron chi connectivity index (χ3n) is 5.51. The number of nitrogens with zero attached hydrogens (tertiary/aromatic N) is 3. The Hall–Kier alpha value is -3.84. The van der Waals surface area contributed by atoms with Crippen molar-refractivity contribution in [2.75, 3.05) is 0 Å². The normalized spacial score (nSPS) is 11.6. The van der Waals surface area contributed by atoms with Crippen LogP contribution in [0, 0.1) is 6.92 Å². The third kappa shape index (κ3) is 4.83. The minimum atomic E-state index is -1.25. The number of carbonyl (C=O) groups excluding carboxylic acids is 1. The van der Waals surface area contributed by atoms with Gasteiger partial charge in [-0.2, -0.15) is 5.10 Å². The number of benzene rings is 2. The summed E-state index contributed by atoms with van der Waals surface area (Å²) in [5.41, 5.74) is 3.28. The van der Waals surface area contributed by atoms with E-state index in [0.717, 1.165) is 16.7 Å². The lowest BCUT2D eigenvalue weighted by molar-refractivity contribution is -0.162. The highest BCUT2D eigenvalue weighted by atomic mass is 16.5. The number of aliphatic carboxylic acids is 1. The van der Waals surface area contributed by atoms with E-state index in [1.165, 1.54) is 13.8 Å². The van der Waals surface area contributed by atoms with Crippen molar-refractivity contribution < 1.29 is 19.4 Å². The van der Waals surface area contributed by atoms with Crippen molar-refractivity contribution in [2.45, 2.75) is 39.5 Å². The van der Waals surface area contributed by atoms with Gasteiger partial charge in [-0.15, -0.1) is 0 Å². The van der Waals surface area contributed by atoms with E-state index >= 15 is 0 Å². The summed E-state index contributed by atoms with van der Waals surface area (Å²) < 4.78 is 7.24. The first-order valence-corrected chi connectivity index (χ1v) is 10.6. The van der Waals surface area contributed by atoms with Gasteiger partial charge in [0.2, 0.25) is 5.78 Å². The van der Waals surface area contributed by atoms with E-state index in [-0.39, 0.29) is 12.4 Å². The molecule has 0 aliphatic carbocycles. The maximum atomic E-state index is 13.1. The molecule has 2 aromatic carbocycles. The second kappa shape index (κ2) is 8.96. The smallest absolute Gasteiger partial charge is 0.335 e. The van der Waals surface area contributed by atoms with Crippen LogP contribution in [0.1, 0.15) is 46.6 Å². The summed E-state index contributed by atoms with van der Waals surface area (Å²) in [5.74, 6) is -1.14. The van der Waals surface area contributed by atoms with Crippen LogP contribution in [0.4, 0.5) is 0 Å². The molecule has 0 radical (unpaired) electrons. The summed E-state index contributed by atoms with van der Waals surface area (Å²) >= 11 is 0. The summed E-state index contributed by atoms with van der Waals surface area (Å²) in [5, 5.41) is 14.5. The van der Waals surface area contributed by atoms with Gasteiger partial charge < -0.3 is 9.84 Å². The zero-order valence-electron chi connectivity index (χ0n) is 18.8.